The summed E-state index contributed by atoms with van der Waals surface area (Å²) in [5.41, 5.74) is 1.36. The Hall–Kier alpha value is -3.33. The van der Waals surface area contributed by atoms with E-state index in [0.29, 0.717) is 5.52 Å². The molecule has 0 unspecified atom stereocenters. The minimum Gasteiger partial charge on any atom is -0.507 e. The van der Waals surface area contributed by atoms with Gasteiger partial charge in [-0.25, -0.2) is 9.78 Å². The van der Waals surface area contributed by atoms with Gasteiger partial charge in [0.2, 0.25) is 0 Å². The van der Waals surface area contributed by atoms with Crippen LogP contribution in [0.2, 0.25) is 0 Å². The maximum absolute atomic E-state index is 11.4. The van der Waals surface area contributed by atoms with Crippen LogP contribution in [-0.4, -0.2) is 27.7 Å². The number of benzene rings is 1. The number of H-pyrrole nitrogens is 1. The largest absolute Gasteiger partial charge is 0.507 e. The van der Waals surface area contributed by atoms with Crippen molar-refractivity contribution in [2.75, 3.05) is 6.61 Å². The Morgan fingerprint density at radius 1 is 1.43 bits per heavy atom. The van der Waals surface area contributed by atoms with Crippen LogP contribution >= 0.6 is 0 Å². The van der Waals surface area contributed by atoms with Gasteiger partial charge < -0.3 is 14.8 Å². The first kappa shape index (κ1) is 16.0. The van der Waals surface area contributed by atoms with Gasteiger partial charge in [0.05, 0.1) is 11.0 Å². The highest BCUT2D eigenvalue weighted by molar-refractivity contribution is 5.84. The Morgan fingerprint density at radius 2 is 2.22 bits per heavy atom. The fourth-order valence-corrected chi connectivity index (χ4v) is 1.83. The van der Waals surface area contributed by atoms with Gasteiger partial charge >= 0.3 is 5.97 Å². The number of allylic oxidation sites excluding steroid dienone is 4. The number of carbonyl (C=O) groups excluding carboxylic acids is 1. The van der Waals surface area contributed by atoms with Crippen LogP contribution in [0.4, 0.5) is 0 Å². The lowest BCUT2D eigenvalue weighted by Gasteiger charge is -2.03. The van der Waals surface area contributed by atoms with Crippen LogP contribution in [0, 0.1) is 11.3 Å². The lowest BCUT2D eigenvalue weighted by molar-refractivity contribution is -0.137. The van der Waals surface area contributed by atoms with Gasteiger partial charge in [-0.2, -0.15) is 5.26 Å². The first-order valence-electron chi connectivity index (χ1n) is 6.89. The summed E-state index contributed by atoms with van der Waals surface area (Å²) in [6.45, 7) is 1.41. The molecule has 6 heteroatoms. The summed E-state index contributed by atoms with van der Waals surface area (Å²) >= 11 is 0. The van der Waals surface area contributed by atoms with Crippen molar-refractivity contribution in [3.05, 3.63) is 60.2 Å². The highest BCUT2D eigenvalue weighted by atomic mass is 16.5. The molecule has 2 N–H and O–H groups in total. The minimum atomic E-state index is -0.614. The van der Waals surface area contributed by atoms with Crippen LogP contribution in [0.15, 0.2) is 54.3 Å². The number of hydrogen-bond donors (Lipinski definition) is 2. The highest BCUT2D eigenvalue weighted by Gasteiger charge is 2.14. The number of nitriles is 1. The average molecular weight is 309 g/mol. The number of nitrogens with zero attached hydrogens (tertiary/aromatic N) is 2. The van der Waals surface area contributed by atoms with Gasteiger partial charge in [-0.1, -0.05) is 30.4 Å². The van der Waals surface area contributed by atoms with E-state index in [4.69, 9.17) is 4.74 Å². The minimum absolute atomic E-state index is 0.0635. The molecule has 6 nitrogen and oxygen atoms in total. The fraction of sp³-hybridized carbons (Fsp3) is 0.118. The van der Waals surface area contributed by atoms with Crippen molar-refractivity contribution in [3.8, 4) is 6.07 Å². The second kappa shape index (κ2) is 7.61. The van der Waals surface area contributed by atoms with Gasteiger partial charge in [0.1, 0.15) is 18.2 Å². The molecule has 0 spiro atoms. The predicted octanol–water partition coefficient (Wildman–Crippen LogP) is 3.03. The van der Waals surface area contributed by atoms with Crippen molar-refractivity contribution >= 4 is 22.6 Å². The number of nitrogens with one attached hydrogen (secondary N) is 1. The Bertz CT molecular complexity index is 805. The van der Waals surface area contributed by atoms with Crippen molar-refractivity contribution in [3.63, 3.8) is 0 Å². The van der Waals surface area contributed by atoms with E-state index in [1.54, 1.807) is 18.2 Å². The van der Waals surface area contributed by atoms with E-state index in [9.17, 15) is 15.2 Å². The van der Waals surface area contributed by atoms with Crippen molar-refractivity contribution < 1.29 is 14.6 Å². The predicted molar refractivity (Wildman–Crippen MR) is 86.2 cm³/mol. The number of carbonyl (C=O) groups is 1. The number of fused-ring (bicyclic) bond motifs is 1. The van der Waals surface area contributed by atoms with Gasteiger partial charge in [-0.05, 0) is 19.1 Å². The standard InChI is InChI=1S/C17H15N3O3/c1-2-3-4-9-16(22)23-11-15(21)12(10-18)17-19-13-7-5-6-8-14(13)20-17/h2-9,21H,11H2,1H3,(H,19,20). The monoisotopic (exact) mass is 309 g/mol. The topological polar surface area (TPSA) is 99.0 Å². The first-order chi connectivity index (χ1) is 11.2. The molecule has 23 heavy (non-hydrogen) atoms. The average Bonchev–Trinajstić information content (AvgIpc) is 2.97. The molecule has 0 amide bonds. The second-order valence-electron chi connectivity index (χ2n) is 4.53. The smallest absolute Gasteiger partial charge is 0.331 e. The van der Waals surface area contributed by atoms with Gasteiger partial charge in [0.25, 0.3) is 0 Å². The fourth-order valence-electron chi connectivity index (χ4n) is 1.83. The molecule has 0 aliphatic rings. The molecule has 2 aromatic rings. The zero-order valence-electron chi connectivity index (χ0n) is 12.5. The molecular formula is C17H15N3O3. The van der Waals surface area contributed by atoms with E-state index in [2.05, 4.69) is 9.97 Å². The number of esters is 1. The molecule has 0 aliphatic carbocycles. The first-order valence-corrected chi connectivity index (χ1v) is 6.89. The molecule has 1 aromatic carbocycles. The quantitative estimate of drug-likeness (QED) is 0.291. The number of hydrogen-bond acceptors (Lipinski definition) is 5. The highest BCUT2D eigenvalue weighted by Crippen LogP contribution is 2.18. The van der Waals surface area contributed by atoms with Crippen LogP contribution in [0.25, 0.3) is 16.6 Å². The molecule has 0 saturated carbocycles. The van der Waals surface area contributed by atoms with Gasteiger partial charge in [-0.15, -0.1) is 0 Å². The number of para-hydroxylation sites is 2. The maximum Gasteiger partial charge on any atom is 0.331 e. The third kappa shape index (κ3) is 4.08. The van der Waals surface area contributed by atoms with Gasteiger partial charge in [0.15, 0.2) is 11.6 Å². The zero-order chi connectivity index (χ0) is 16.7. The van der Waals surface area contributed by atoms with E-state index in [-0.39, 0.29) is 17.2 Å². The van der Waals surface area contributed by atoms with E-state index in [0.717, 1.165) is 5.52 Å². The molecule has 0 bridgehead atoms. The molecule has 1 aromatic heterocycles. The Morgan fingerprint density at radius 3 is 2.91 bits per heavy atom. The van der Waals surface area contributed by atoms with E-state index >= 15 is 0 Å². The van der Waals surface area contributed by atoms with E-state index in [1.165, 1.54) is 12.2 Å². The molecule has 0 fully saturated rings. The van der Waals surface area contributed by atoms with Gasteiger partial charge in [0, 0.05) is 6.08 Å². The molecular weight excluding hydrogens is 294 g/mol. The summed E-state index contributed by atoms with van der Waals surface area (Å²) in [6.07, 6.45) is 6.18. The van der Waals surface area contributed by atoms with Gasteiger partial charge in [-0.3, -0.25) is 0 Å². The molecule has 0 radical (unpaired) electrons. The normalized spacial score (nSPS) is 12.5. The van der Waals surface area contributed by atoms with Crippen molar-refractivity contribution in [1.29, 1.82) is 5.26 Å². The van der Waals surface area contributed by atoms with Crippen LogP contribution < -0.4 is 0 Å². The third-order valence-electron chi connectivity index (χ3n) is 2.91. The van der Waals surface area contributed by atoms with Crippen LogP contribution in [0.5, 0.6) is 0 Å². The van der Waals surface area contributed by atoms with Crippen molar-refractivity contribution in [2.24, 2.45) is 0 Å². The lowest BCUT2D eigenvalue weighted by atomic mass is 10.2. The maximum atomic E-state index is 11.4. The molecule has 2 rings (SSSR count). The number of aliphatic hydroxyl groups excluding tert-OH is 1. The Kier molecular flexibility index (Phi) is 5.31. The van der Waals surface area contributed by atoms with Crippen LogP contribution in [0.3, 0.4) is 0 Å². The number of rotatable bonds is 5. The summed E-state index contributed by atoms with van der Waals surface area (Å²) in [6, 6.07) is 9.12. The summed E-state index contributed by atoms with van der Waals surface area (Å²) in [4.78, 5) is 18.6. The summed E-state index contributed by atoms with van der Waals surface area (Å²) in [5.74, 6) is -0.748. The Labute approximate surface area is 133 Å². The van der Waals surface area contributed by atoms with E-state index in [1.807, 2.05) is 31.2 Å². The van der Waals surface area contributed by atoms with Crippen LogP contribution in [-0.2, 0) is 9.53 Å². The lowest BCUT2D eigenvalue weighted by Crippen LogP contribution is -2.06. The van der Waals surface area contributed by atoms with Crippen molar-refractivity contribution in [1.82, 2.24) is 9.97 Å². The number of imidazole rings is 1. The summed E-state index contributed by atoms with van der Waals surface area (Å²) in [5, 5.41) is 19.2. The molecule has 0 atom stereocenters. The molecule has 0 saturated heterocycles. The Balaban J connectivity index is 2.16. The second-order valence-corrected chi connectivity index (χ2v) is 4.53. The summed E-state index contributed by atoms with van der Waals surface area (Å²) < 4.78 is 4.87. The summed E-state index contributed by atoms with van der Waals surface area (Å²) in [7, 11) is 0. The molecule has 116 valence electrons. The number of aromatic nitrogens is 2. The SMILES string of the molecule is CC=CC=CC(=O)OCC(O)=C(C#N)c1nc2ccccc2[nH]1. The number of ether oxygens (including phenoxy) is 1. The van der Waals surface area contributed by atoms with E-state index < -0.39 is 12.6 Å². The zero-order valence-corrected chi connectivity index (χ0v) is 12.5. The third-order valence-corrected chi connectivity index (χ3v) is 2.91. The van der Waals surface area contributed by atoms with Crippen LogP contribution in [0.1, 0.15) is 12.7 Å². The number of aliphatic hydroxyl groups is 1. The number of aromatic amines is 1. The van der Waals surface area contributed by atoms with Crippen molar-refractivity contribution in [2.45, 2.75) is 6.92 Å². The molecule has 1 heterocycles. The molecule has 0 aliphatic heterocycles.